The maximum Gasteiger partial charge on any atom is 0.494 e. The van der Waals surface area contributed by atoms with E-state index in [4.69, 9.17) is 18.4 Å². The molecule has 23 heavy (non-hydrogen) atoms. The summed E-state index contributed by atoms with van der Waals surface area (Å²) >= 11 is 0. The van der Waals surface area contributed by atoms with Crippen molar-refractivity contribution in [2.45, 2.75) is 52.7 Å². The van der Waals surface area contributed by atoms with Gasteiger partial charge in [0.25, 0.3) is 0 Å². The molecule has 1 aromatic carbocycles. The largest absolute Gasteiger partial charge is 0.494 e. The van der Waals surface area contributed by atoms with Gasteiger partial charge in [-0.3, -0.25) is 4.57 Å². The van der Waals surface area contributed by atoms with Gasteiger partial charge in [-0.1, -0.05) is 12.1 Å². The summed E-state index contributed by atoms with van der Waals surface area (Å²) in [5.41, 5.74) is -0.0326. The summed E-state index contributed by atoms with van der Waals surface area (Å²) in [7, 11) is -3.82. The van der Waals surface area contributed by atoms with Gasteiger partial charge < -0.3 is 18.4 Å². The van der Waals surface area contributed by atoms with Crippen molar-refractivity contribution in [1.29, 1.82) is 0 Å². The minimum absolute atomic E-state index is 0.317. The molecular weight excluding hydrogens is 314 g/mol. The molecule has 7 heteroatoms. The number of benzene rings is 1. The summed E-state index contributed by atoms with van der Waals surface area (Å²) in [4.78, 5) is 0. The van der Waals surface area contributed by atoms with Crippen LogP contribution in [0.25, 0.3) is 0 Å². The minimum Gasteiger partial charge on any atom is -0.399 e. The first kappa shape index (κ1) is 18.7. The van der Waals surface area contributed by atoms with Crippen molar-refractivity contribution in [1.82, 2.24) is 0 Å². The van der Waals surface area contributed by atoms with Gasteiger partial charge >= 0.3 is 14.7 Å². The van der Waals surface area contributed by atoms with Gasteiger partial charge in [0.1, 0.15) is 0 Å². The van der Waals surface area contributed by atoms with Crippen LogP contribution in [0.3, 0.4) is 0 Å². The fourth-order valence-electron chi connectivity index (χ4n) is 2.35. The molecule has 0 radical (unpaired) electrons. The molecule has 2 rings (SSSR count). The lowest BCUT2D eigenvalue weighted by molar-refractivity contribution is 0.00578. The molecule has 0 aromatic heterocycles. The zero-order valence-electron chi connectivity index (χ0n) is 14.8. The van der Waals surface area contributed by atoms with Gasteiger partial charge in [-0.05, 0) is 59.1 Å². The number of hydrogen-bond donors (Lipinski definition) is 0. The van der Waals surface area contributed by atoms with Crippen LogP contribution in [-0.2, 0) is 22.9 Å². The molecule has 0 bridgehead atoms. The van der Waals surface area contributed by atoms with Gasteiger partial charge in [-0.25, -0.2) is 0 Å². The third-order valence-electron chi connectivity index (χ3n) is 4.31. The summed E-state index contributed by atoms with van der Waals surface area (Å²) in [6.45, 7) is 12.2. The molecular formula is C16H26BO5P. The van der Waals surface area contributed by atoms with Crippen LogP contribution < -0.4 is 10.8 Å². The van der Waals surface area contributed by atoms with E-state index in [0.717, 1.165) is 5.46 Å². The van der Waals surface area contributed by atoms with Crippen LogP contribution in [0.2, 0.25) is 0 Å². The first-order chi connectivity index (χ1) is 10.6. The fraction of sp³-hybridized carbons (Fsp3) is 0.625. The highest BCUT2D eigenvalue weighted by molar-refractivity contribution is 7.62. The third-order valence-corrected chi connectivity index (χ3v) is 6.42. The normalized spacial score (nSPS) is 20.0. The second-order valence-electron chi connectivity index (χ2n) is 6.52. The van der Waals surface area contributed by atoms with Crippen molar-refractivity contribution in [2.24, 2.45) is 0 Å². The maximum atomic E-state index is 12.9. The molecule has 0 aliphatic carbocycles. The first-order valence-electron chi connectivity index (χ1n) is 8.00. The lowest BCUT2D eigenvalue weighted by Gasteiger charge is -2.32. The predicted octanol–water partition coefficient (Wildman–Crippen LogP) is 2.88. The van der Waals surface area contributed by atoms with Gasteiger partial charge in [0, 0.05) is 0 Å². The van der Waals surface area contributed by atoms with Crippen LogP contribution in [0.5, 0.6) is 0 Å². The van der Waals surface area contributed by atoms with Crippen molar-refractivity contribution in [3.05, 3.63) is 24.3 Å². The van der Waals surface area contributed by atoms with Crippen molar-refractivity contribution in [2.75, 3.05) is 13.2 Å². The Labute approximate surface area is 139 Å². The van der Waals surface area contributed by atoms with E-state index in [1.54, 1.807) is 26.0 Å². The van der Waals surface area contributed by atoms with E-state index in [1.165, 1.54) is 0 Å². The average molecular weight is 340 g/mol. The minimum atomic E-state index is -3.31. The molecule has 0 saturated carbocycles. The van der Waals surface area contributed by atoms with Crippen molar-refractivity contribution < 1.29 is 22.9 Å². The van der Waals surface area contributed by atoms with Crippen molar-refractivity contribution in [3.63, 3.8) is 0 Å². The highest BCUT2D eigenvalue weighted by Gasteiger charge is 2.51. The zero-order chi connectivity index (χ0) is 17.3. The van der Waals surface area contributed by atoms with Crippen LogP contribution >= 0.6 is 7.60 Å². The molecule has 5 nitrogen and oxygen atoms in total. The van der Waals surface area contributed by atoms with E-state index < -0.39 is 25.9 Å². The Morgan fingerprint density at radius 1 is 1.04 bits per heavy atom. The number of rotatable bonds is 6. The van der Waals surface area contributed by atoms with E-state index in [9.17, 15) is 4.57 Å². The van der Waals surface area contributed by atoms with Gasteiger partial charge in [-0.15, -0.1) is 0 Å². The predicted molar refractivity (Wildman–Crippen MR) is 92.7 cm³/mol. The Bertz CT molecular complexity index is 576. The smallest absolute Gasteiger partial charge is 0.399 e. The maximum absolute atomic E-state index is 12.9. The summed E-state index contributed by atoms with van der Waals surface area (Å²) in [5, 5.41) is 0.522. The summed E-state index contributed by atoms with van der Waals surface area (Å²) in [6.07, 6.45) is 0. The molecule has 1 saturated heterocycles. The van der Waals surface area contributed by atoms with Gasteiger partial charge in [0.05, 0.1) is 29.7 Å². The van der Waals surface area contributed by atoms with Crippen LogP contribution in [-0.4, -0.2) is 31.5 Å². The molecule has 1 aliphatic heterocycles. The molecule has 0 amide bonds. The molecule has 1 aromatic rings. The number of hydrogen-bond acceptors (Lipinski definition) is 5. The Hall–Kier alpha value is -0.645. The Morgan fingerprint density at radius 2 is 1.57 bits per heavy atom. The highest BCUT2D eigenvalue weighted by atomic mass is 31.2. The van der Waals surface area contributed by atoms with E-state index in [1.807, 2.05) is 39.8 Å². The second-order valence-corrected chi connectivity index (χ2v) is 8.54. The van der Waals surface area contributed by atoms with E-state index in [-0.39, 0.29) is 0 Å². The summed E-state index contributed by atoms with van der Waals surface area (Å²) < 4.78 is 35.8. The first-order valence-corrected chi connectivity index (χ1v) is 9.55. The van der Waals surface area contributed by atoms with E-state index in [0.29, 0.717) is 18.5 Å². The Kier molecular flexibility index (Phi) is 5.44. The van der Waals surface area contributed by atoms with Crippen LogP contribution in [0.1, 0.15) is 41.5 Å². The van der Waals surface area contributed by atoms with E-state index >= 15 is 0 Å². The Balaban J connectivity index is 2.32. The third kappa shape index (κ3) is 3.72. The molecule has 0 spiro atoms. The average Bonchev–Trinajstić information content (AvgIpc) is 2.68. The molecule has 0 N–H and O–H groups in total. The topological polar surface area (TPSA) is 54.0 Å². The van der Waals surface area contributed by atoms with Gasteiger partial charge in [0.15, 0.2) is 0 Å². The standard InChI is InChI=1S/C16H26BO5P/c1-7-19-23(18,20-8-2)14-11-9-10-13(12-14)17-21-15(3,4)16(5,6)22-17/h9-12H,7-8H2,1-6H3. The van der Waals surface area contributed by atoms with Gasteiger partial charge in [-0.2, -0.15) is 0 Å². The van der Waals surface area contributed by atoms with Crippen LogP contribution in [0.4, 0.5) is 0 Å². The Morgan fingerprint density at radius 3 is 2.04 bits per heavy atom. The van der Waals surface area contributed by atoms with Crippen LogP contribution in [0, 0.1) is 0 Å². The second kappa shape index (κ2) is 6.69. The lowest BCUT2D eigenvalue weighted by atomic mass is 9.79. The summed E-state index contributed by atoms with van der Waals surface area (Å²) in [6, 6.07) is 7.25. The lowest BCUT2D eigenvalue weighted by Crippen LogP contribution is -2.41. The van der Waals surface area contributed by atoms with Crippen molar-refractivity contribution >= 4 is 25.5 Å². The fourth-order valence-corrected chi connectivity index (χ4v) is 3.98. The molecule has 1 heterocycles. The SMILES string of the molecule is CCOP(=O)(OCC)c1cccc(B2OC(C)(C)C(C)(C)O2)c1. The molecule has 128 valence electrons. The highest BCUT2D eigenvalue weighted by Crippen LogP contribution is 2.46. The molecule has 0 unspecified atom stereocenters. The summed E-state index contributed by atoms with van der Waals surface area (Å²) in [5.74, 6) is 0. The van der Waals surface area contributed by atoms with Crippen molar-refractivity contribution in [3.8, 4) is 0 Å². The molecule has 1 fully saturated rings. The zero-order valence-corrected chi connectivity index (χ0v) is 15.7. The van der Waals surface area contributed by atoms with E-state index in [2.05, 4.69) is 0 Å². The quantitative estimate of drug-likeness (QED) is 0.589. The van der Waals surface area contributed by atoms with Gasteiger partial charge in [0.2, 0.25) is 0 Å². The molecule has 1 aliphatic rings. The monoisotopic (exact) mass is 340 g/mol. The van der Waals surface area contributed by atoms with Crippen LogP contribution in [0.15, 0.2) is 24.3 Å². The molecule has 0 atom stereocenters.